The molecule has 1 unspecified atom stereocenters. The molecule has 1 fully saturated rings. The van der Waals surface area contributed by atoms with E-state index < -0.39 is 10.0 Å². The third-order valence-electron chi connectivity index (χ3n) is 5.40. The number of benzene rings is 2. The first-order valence-electron chi connectivity index (χ1n) is 10.0. The predicted molar refractivity (Wildman–Crippen MR) is 124 cm³/mol. The molecule has 1 aliphatic heterocycles. The van der Waals surface area contributed by atoms with Crippen LogP contribution in [-0.2, 0) is 16.4 Å². The fourth-order valence-electron chi connectivity index (χ4n) is 3.65. The molecule has 30 heavy (non-hydrogen) atoms. The molecule has 156 valence electrons. The van der Waals surface area contributed by atoms with Crippen molar-refractivity contribution >= 4 is 40.0 Å². The highest BCUT2D eigenvalue weighted by Crippen LogP contribution is 2.26. The summed E-state index contributed by atoms with van der Waals surface area (Å²) >= 11 is 1.38. The molecule has 2 aromatic carbocycles. The second kappa shape index (κ2) is 8.49. The van der Waals surface area contributed by atoms with Crippen LogP contribution in [0.3, 0.4) is 0 Å². The molecule has 0 saturated carbocycles. The summed E-state index contributed by atoms with van der Waals surface area (Å²) in [7, 11) is -1.55. The minimum absolute atomic E-state index is 0.144. The molecule has 0 radical (unpaired) electrons. The normalized spacial score (nSPS) is 17.9. The van der Waals surface area contributed by atoms with E-state index in [1.165, 1.54) is 22.7 Å². The largest absolute Gasteiger partial charge is 0.344 e. The molecule has 0 spiro atoms. The van der Waals surface area contributed by atoms with Crippen LogP contribution in [-0.4, -0.2) is 55.6 Å². The molecule has 4 rings (SSSR count). The second-order valence-corrected chi connectivity index (χ2v) is 10.5. The third kappa shape index (κ3) is 4.43. The van der Waals surface area contributed by atoms with Crippen molar-refractivity contribution in [1.29, 1.82) is 0 Å². The SMILES string of the molecule is Bc1ccc(S(=O)(=O)N2CCN(c3nc(Cc4ccc(C)cc4)ns3)CC2C)cc1. The van der Waals surface area contributed by atoms with Crippen molar-refractivity contribution in [3.05, 3.63) is 65.5 Å². The van der Waals surface area contributed by atoms with E-state index in [4.69, 9.17) is 4.98 Å². The van der Waals surface area contributed by atoms with Gasteiger partial charge in [0, 0.05) is 43.6 Å². The second-order valence-electron chi connectivity index (χ2n) is 7.88. The van der Waals surface area contributed by atoms with Gasteiger partial charge in [0.25, 0.3) is 0 Å². The Hall–Kier alpha value is -2.23. The number of hydrogen-bond acceptors (Lipinski definition) is 6. The Morgan fingerprint density at radius 3 is 2.47 bits per heavy atom. The first-order chi connectivity index (χ1) is 14.3. The summed E-state index contributed by atoms with van der Waals surface area (Å²) in [5.74, 6) is 0.807. The van der Waals surface area contributed by atoms with Gasteiger partial charge in [-0.15, -0.1) is 0 Å². The maximum atomic E-state index is 13.1. The number of sulfonamides is 1. The Morgan fingerprint density at radius 1 is 1.10 bits per heavy atom. The number of nitrogens with zero attached hydrogens (tertiary/aromatic N) is 4. The van der Waals surface area contributed by atoms with Crippen molar-refractivity contribution in [3.8, 4) is 0 Å². The Labute approximate surface area is 183 Å². The van der Waals surface area contributed by atoms with Gasteiger partial charge in [0.1, 0.15) is 13.7 Å². The number of rotatable bonds is 5. The fraction of sp³-hybridized carbons (Fsp3) is 0.333. The van der Waals surface area contributed by atoms with Gasteiger partial charge in [0.2, 0.25) is 15.2 Å². The van der Waals surface area contributed by atoms with Gasteiger partial charge in [-0.25, -0.2) is 13.4 Å². The van der Waals surface area contributed by atoms with Gasteiger partial charge in [-0.2, -0.15) is 8.68 Å². The number of anilines is 1. The van der Waals surface area contributed by atoms with Gasteiger partial charge in [0.05, 0.1) is 4.90 Å². The van der Waals surface area contributed by atoms with Crippen LogP contribution in [0.25, 0.3) is 0 Å². The molecular weight excluding hydrogens is 415 g/mol. The van der Waals surface area contributed by atoms with Crippen molar-refractivity contribution in [3.63, 3.8) is 0 Å². The van der Waals surface area contributed by atoms with Gasteiger partial charge in [0.15, 0.2) is 0 Å². The zero-order valence-corrected chi connectivity index (χ0v) is 19.1. The first-order valence-corrected chi connectivity index (χ1v) is 12.3. The Kier molecular flexibility index (Phi) is 5.95. The Bertz CT molecular complexity index is 1110. The summed E-state index contributed by atoms with van der Waals surface area (Å²) in [5, 5.41) is 0.858. The van der Waals surface area contributed by atoms with E-state index in [-0.39, 0.29) is 6.04 Å². The number of aryl methyl sites for hydroxylation is 1. The molecule has 1 atom stereocenters. The molecule has 6 nitrogen and oxygen atoms in total. The third-order valence-corrected chi connectivity index (χ3v) is 8.25. The van der Waals surface area contributed by atoms with Crippen LogP contribution in [0.2, 0.25) is 0 Å². The predicted octanol–water partition coefficient (Wildman–Crippen LogP) is 1.60. The quantitative estimate of drug-likeness (QED) is 0.564. The first kappa shape index (κ1) is 21.0. The van der Waals surface area contributed by atoms with Crippen LogP contribution in [0.1, 0.15) is 23.9 Å². The Balaban J connectivity index is 1.44. The van der Waals surface area contributed by atoms with Gasteiger partial charge in [-0.3, -0.25) is 0 Å². The van der Waals surface area contributed by atoms with Crippen LogP contribution in [0.15, 0.2) is 53.4 Å². The van der Waals surface area contributed by atoms with Gasteiger partial charge >= 0.3 is 0 Å². The smallest absolute Gasteiger partial charge is 0.243 e. The minimum atomic E-state index is -3.50. The highest BCUT2D eigenvalue weighted by atomic mass is 32.2. The van der Waals surface area contributed by atoms with Gasteiger partial charge in [-0.05, 0) is 31.5 Å². The van der Waals surface area contributed by atoms with Crippen LogP contribution < -0.4 is 10.4 Å². The van der Waals surface area contributed by atoms with Gasteiger partial charge in [-0.1, -0.05) is 47.4 Å². The summed E-state index contributed by atoms with van der Waals surface area (Å²) in [6.45, 7) is 5.66. The highest BCUT2D eigenvalue weighted by molar-refractivity contribution is 7.89. The van der Waals surface area contributed by atoms with E-state index >= 15 is 0 Å². The lowest BCUT2D eigenvalue weighted by molar-refractivity contribution is 0.306. The van der Waals surface area contributed by atoms with Crippen LogP contribution in [0.5, 0.6) is 0 Å². The zero-order chi connectivity index (χ0) is 21.3. The van der Waals surface area contributed by atoms with E-state index in [2.05, 4.69) is 40.5 Å². The topological polar surface area (TPSA) is 66.4 Å². The average molecular weight is 440 g/mol. The monoisotopic (exact) mass is 440 g/mol. The molecule has 1 aromatic heterocycles. The van der Waals surface area contributed by atoms with Crippen LogP contribution in [0.4, 0.5) is 5.13 Å². The average Bonchev–Trinajstić information content (AvgIpc) is 3.18. The van der Waals surface area contributed by atoms with E-state index in [9.17, 15) is 8.42 Å². The summed E-state index contributed by atoms with van der Waals surface area (Å²) in [5.41, 5.74) is 3.47. The standard InChI is InChI=1S/C21H25BN4O2S2/c1-15-3-5-17(6-4-15)13-20-23-21(29-24-20)25-11-12-26(16(2)14-25)30(27,28)19-9-7-18(22)8-10-19/h3-10,16H,11-14,22H2,1-2H3. The number of hydrogen-bond donors (Lipinski definition) is 0. The fourth-order valence-corrected chi connectivity index (χ4v) is 5.98. The molecule has 1 aliphatic rings. The molecular formula is C21H25BN4O2S2. The molecule has 2 heterocycles. The molecule has 9 heteroatoms. The van der Waals surface area contributed by atoms with Crippen molar-refractivity contribution < 1.29 is 8.42 Å². The minimum Gasteiger partial charge on any atom is -0.344 e. The maximum absolute atomic E-state index is 13.1. The molecule has 0 amide bonds. The molecule has 0 aliphatic carbocycles. The summed E-state index contributed by atoms with van der Waals surface area (Å²) in [6, 6.07) is 15.3. The Morgan fingerprint density at radius 2 is 1.80 bits per heavy atom. The lowest BCUT2D eigenvalue weighted by Gasteiger charge is -2.38. The molecule has 0 bridgehead atoms. The van der Waals surface area contributed by atoms with E-state index in [0.717, 1.165) is 16.4 Å². The highest BCUT2D eigenvalue weighted by Gasteiger charge is 2.34. The molecule has 3 aromatic rings. The van der Waals surface area contributed by atoms with Gasteiger partial charge < -0.3 is 4.90 Å². The van der Waals surface area contributed by atoms with Crippen molar-refractivity contribution in [2.75, 3.05) is 24.5 Å². The van der Waals surface area contributed by atoms with E-state index in [0.29, 0.717) is 31.0 Å². The summed E-state index contributed by atoms with van der Waals surface area (Å²) in [6.07, 6.45) is 0.702. The van der Waals surface area contributed by atoms with Crippen molar-refractivity contribution in [2.24, 2.45) is 0 Å². The lowest BCUT2D eigenvalue weighted by atomic mass is 9.97. The van der Waals surface area contributed by atoms with Crippen molar-refractivity contribution in [1.82, 2.24) is 13.7 Å². The van der Waals surface area contributed by atoms with Crippen LogP contribution >= 0.6 is 11.5 Å². The van der Waals surface area contributed by atoms with E-state index in [1.807, 2.05) is 26.9 Å². The lowest BCUT2D eigenvalue weighted by Crippen LogP contribution is -2.54. The maximum Gasteiger partial charge on any atom is 0.243 e. The summed E-state index contributed by atoms with van der Waals surface area (Å²) in [4.78, 5) is 7.20. The van der Waals surface area contributed by atoms with Crippen molar-refractivity contribution in [2.45, 2.75) is 31.2 Å². The number of piperazine rings is 1. The molecule has 0 N–H and O–H groups in total. The zero-order valence-electron chi connectivity index (χ0n) is 17.4. The number of aromatic nitrogens is 2. The molecule has 1 saturated heterocycles. The van der Waals surface area contributed by atoms with Crippen LogP contribution in [0, 0.1) is 6.92 Å². The summed E-state index contributed by atoms with van der Waals surface area (Å²) < 4.78 is 32.2. The van der Waals surface area contributed by atoms with E-state index in [1.54, 1.807) is 16.4 Å².